The normalized spacial score (nSPS) is 28.9. The fourth-order valence-corrected chi connectivity index (χ4v) is 3.28. The first kappa shape index (κ1) is 14.6. The average molecular weight is 268 g/mol. The molecule has 110 valence electrons. The first-order valence-electron chi connectivity index (χ1n) is 7.58. The molecule has 0 spiro atoms. The lowest BCUT2D eigenvalue weighted by molar-refractivity contribution is 0.000366. The SMILES string of the molecule is CC(C)(C)OC(=O)N1CCC(C2CCC2)C(CN)C1. The summed E-state index contributed by atoms with van der Waals surface area (Å²) in [6, 6.07) is 0. The number of hydrogen-bond donors (Lipinski definition) is 1. The van der Waals surface area contributed by atoms with E-state index >= 15 is 0 Å². The van der Waals surface area contributed by atoms with Crippen molar-refractivity contribution >= 4 is 6.09 Å². The topological polar surface area (TPSA) is 55.6 Å². The van der Waals surface area contributed by atoms with E-state index in [4.69, 9.17) is 10.5 Å². The summed E-state index contributed by atoms with van der Waals surface area (Å²) >= 11 is 0. The van der Waals surface area contributed by atoms with Crippen LogP contribution in [-0.2, 0) is 4.74 Å². The Morgan fingerprint density at radius 2 is 2.00 bits per heavy atom. The summed E-state index contributed by atoms with van der Waals surface area (Å²) in [6.07, 6.45) is 4.99. The van der Waals surface area contributed by atoms with Crippen LogP contribution in [0.3, 0.4) is 0 Å². The van der Waals surface area contributed by atoms with Crippen LogP contribution in [0.5, 0.6) is 0 Å². The van der Waals surface area contributed by atoms with Crippen molar-refractivity contribution in [1.82, 2.24) is 4.90 Å². The molecule has 0 aromatic rings. The Bertz CT molecular complexity index is 321. The largest absolute Gasteiger partial charge is 0.444 e. The van der Waals surface area contributed by atoms with Gasteiger partial charge in [-0.25, -0.2) is 4.79 Å². The van der Waals surface area contributed by atoms with E-state index in [1.54, 1.807) is 0 Å². The molecule has 4 nitrogen and oxygen atoms in total. The van der Waals surface area contributed by atoms with E-state index < -0.39 is 5.60 Å². The molecule has 0 radical (unpaired) electrons. The first-order chi connectivity index (χ1) is 8.90. The second-order valence-electron chi connectivity index (χ2n) is 7.07. The highest BCUT2D eigenvalue weighted by Gasteiger charge is 2.38. The predicted molar refractivity (Wildman–Crippen MR) is 75.8 cm³/mol. The summed E-state index contributed by atoms with van der Waals surface area (Å²) in [6.45, 7) is 8.00. The van der Waals surface area contributed by atoms with Gasteiger partial charge >= 0.3 is 6.09 Å². The Morgan fingerprint density at radius 1 is 1.32 bits per heavy atom. The van der Waals surface area contributed by atoms with Crippen molar-refractivity contribution in [3.05, 3.63) is 0 Å². The molecule has 2 atom stereocenters. The van der Waals surface area contributed by atoms with Crippen molar-refractivity contribution in [2.24, 2.45) is 23.5 Å². The van der Waals surface area contributed by atoms with Gasteiger partial charge in [-0.3, -0.25) is 0 Å². The molecule has 2 N–H and O–H groups in total. The van der Waals surface area contributed by atoms with Gasteiger partial charge in [0.15, 0.2) is 0 Å². The van der Waals surface area contributed by atoms with Crippen LogP contribution in [0.2, 0.25) is 0 Å². The molecule has 0 aromatic heterocycles. The highest BCUT2D eigenvalue weighted by Crippen LogP contribution is 2.41. The molecule has 1 amide bonds. The van der Waals surface area contributed by atoms with E-state index in [9.17, 15) is 4.79 Å². The molecule has 2 aliphatic rings. The quantitative estimate of drug-likeness (QED) is 0.837. The molecule has 1 saturated carbocycles. The Kier molecular flexibility index (Phi) is 4.39. The first-order valence-corrected chi connectivity index (χ1v) is 7.58. The van der Waals surface area contributed by atoms with Crippen molar-refractivity contribution in [3.63, 3.8) is 0 Å². The number of piperidine rings is 1. The molecule has 2 unspecified atom stereocenters. The van der Waals surface area contributed by atoms with Crippen LogP contribution in [0, 0.1) is 17.8 Å². The third-order valence-electron chi connectivity index (χ3n) is 4.50. The third kappa shape index (κ3) is 3.62. The second-order valence-corrected chi connectivity index (χ2v) is 7.07. The van der Waals surface area contributed by atoms with E-state index in [1.165, 1.54) is 19.3 Å². The highest BCUT2D eigenvalue weighted by atomic mass is 16.6. The summed E-state index contributed by atoms with van der Waals surface area (Å²) in [5.74, 6) is 2.03. The lowest BCUT2D eigenvalue weighted by Crippen LogP contribution is -2.50. The van der Waals surface area contributed by atoms with Gasteiger partial charge < -0.3 is 15.4 Å². The Hall–Kier alpha value is -0.770. The number of hydrogen-bond acceptors (Lipinski definition) is 3. The van der Waals surface area contributed by atoms with Crippen molar-refractivity contribution < 1.29 is 9.53 Å². The zero-order chi connectivity index (χ0) is 14.0. The van der Waals surface area contributed by atoms with Crippen LogP contribution < -0.4 is 5.73 Å². The Balaban J connectivity index is 1.90. The smallest absolute Gasteiger partial charge is 0.410 e. The maximum atomic E-state index is 12.1. The summed E-state index contributed by atoms with van der Waals surface area (Å²) < 4.78 is 5.45. The number of nitrogens with two attached hydrogens (primary N) is 1. The second kappa shape index (κ2) is 5.70. The molecule has 0 bridgehead atoms. The predicted octanol–water partition coefficient (Wildman–Crippen LogP) is 2.62. The van der Waals surface area contributed by atoms with Gasteiger partial charge in [-0.15, -0.1) is 0 Å². The minimum Gasteiger partial charge on any atom is -0.444 e. The molecule has 4 heteroatoms. The lowest BCUT2D eigenvalue weighted by atomic mass is 9.68. The minimum atomic E-state index is -0.417. The van der Waals surface area contributed by atoms with Gasteiger partial charge in [0.1, 0.15) is 5.60 Å². The maximum Gasteiger partial charge on any atom is 0.410 e. The molecule has 0 aromatic carbocycles. The molecule has 2 rings (SSSR count). The fourth-order valence-electron chi connectivity index (χ4n) is 3.28. The van der Waals surface area contributed by atoms with Crippen molar-refractivity contribution in [2.75, 3.05) is 19.6 Å². The minimum absolute atomic E-state index is 0.182. The third-order valence-corrected chi connectivity index (χ3v) is 4.50. The van der Waals surface area contributed by atoms with Crippen LogP contribution in [0.1, 0.15) is 46.5 Å². The van der Waals surface area contributed by atoms with Crippen LogP contribution in [-0.4, -0.2) is 36.2 Å². The number of rotatable bonds is 2. The Morgan fingerprint density at radius 3 is 2.47 bits per heavy atom. The summed E-state index contributed by atoms with van der Waals surface area (Å²) in [5, 5.41) is 0. The molecular formula is C15H28N2O2. The number of nitrogens with zero attached hydrogens (tertiary/aromatic N) is 1. The molecular weight excluding hydrogens is 240 g/mol. The van der Waals surface area contributed by atoms with Gasteiger partial charge in [-0.1, -0.05) is 19.3 Å². The van der Waals surface area contributed by atoms with Crippen molar-refractivity contribution in [1.29, 1.82) is 0 Å². The van der Waals surface area contributed by atoms with E-state index in [-0.39, 0.29) is 6.09 Å². The van der Waals surface area contributed by atoms with Gasteiger partial charge in [0.25, 0.3) is 0 Å². The van der Waals surface area contributed by atoms with Crippen LogP contribution in [0.25, 0.3) is 0 Å². The molecule has 1 aliphatic heterocycles. The van der Waals surface area contributed by atoms with Crippen LogP contribution in [0.4, 0.5) is 4.79 Å². The molecule has 1 heterocycles. The lowest BCUT2D eigenvalue weighted by Gasteiger charge is -2.44. The standard InChI is InChI=1S/C15H28N2O2/c1-15(2,3)19-14(18)17-8-7-13(11-5-4-6-11)12(9-16)10-17/h11-13H,4-10,16H2,1-3H3. The van der Waals surface area contributed by atoms with Gasteiger partial charge in [0.2, 0.25) is 0 Å². The van der Waals surface area contributed by atoms with Gasteiger partial charge in [0, 0.05) is 13.1 Å². The molecule has 2 fully saturated rings. The van der Waals surface area contributed by atoms with Gasteiger partial charge in [-0.05, 0) is 51.5 Å². The molecule has 1 saturated heterocycles. The zero-order valence-electron chi connectivity index (χ0n) is 12.5. The number of ether oxygens (including phenoxy) is 1. The molecule has 19 heavy (non-hydrogen) atoms. The van der Waals surface area contributed by atoms with Crippen molar-refractivity contribution in [2.45, 2.75) is 52.1 Å². The average Bonchev–Trinajstić information content (AvgIpc) is 2.24. The maximum absolute atomic E-state index is 12.1. The van der Waals surface area contributed by atoms with Crippen LogP contribution in [0.15, 0.2) is 0 Å². The summed E-state index contributed by atoms with van der Waals surface area (Å²) in [4.78, 5) is 13.9. The number of carbonyl (C=O) groups is 1. The zero-order valence-corrected chi connectivity index (χ0v) is 12.5. The van der Waals surface area contributed by atoms with E-state index in [1.807, 2.05) is 25.7 Å². The van der Waals surface area contributed by atoms with Gasteiger partial charge in [-0.2, -0.15) is 0 Å². The number of likely N-dealkylation sites (tertiary alicyclic amines) is 1. The van der Waals surface area contributed by atoms with E-state index in [0.717, 1.165) is 31.3 Å². The van der Waals surface area contributed by atoms with E-state index in [0.29, 0.717) is 12.5 Å². The van der Waals surface area contributed by atoms with E-state index in [2.05, 4.69) is 0 Å². The van der Waals surface area contributed by atoms with Crippen LogP contribution >= 0.6 is 0 Å². The fraction of sp³-hybridized carbons (Fsp3) is 0.933. The Labute approximate surface area is 116 Å². The number of carbonyl (C=O) groups excluding carboxylic acids is 1. The van der Waals surface area contributed by atoms with Crippen molar-refractivity contribution in [3.8, 4) is 0 Å². The summed E-state index contributed by atoms with van der Waals surface area (Å²) in [5.41, 5.74) is 5.50. The number of amides is 1. The molecule has 1 aliphatic carbocycles. The monoisotopic (exact) mass is 268 g/mol. The highest BCUT2D eigenvalue weighted by molar-refractivity contribution is 5.68. The summed E-state index contributed by atoms with van der Waals surface area (Å²) in [7, 11) is 0. The van der Waals surface area contributed by atoms with Gasteiger partial charge in [0.05, 0.1) is 0 Å².